The predicted molar refractivity (Wildman–Crippen MR) is 73.1 cm³/mol. The van der Waals surface area contributed by atoms with E-state index in [1.54, 1.807) is 0 Å². The molecule has 1 aliphatic rings. The van der Waals surface area contributed by atoms with Crippen LogP contribution in [0.3, 0.4) is 0 Å². The van der Waals surface area contributed by atoms with E-state index in [0.717, 1.165) is 25.7 Å². The number of hydrogen-bond donors (Lipinski definition) is 4. The van der Waals surface area contributed by atoms with Crippen LogP contribution in [0.25, 0.3) is 0 Å². The Morgan fingerprint density at radius 2 is 1.75 bits per heavy atom. The van der Waals surface area contributed by atoms with Crippen molar-refractivity contribution in [2.75, 3.05) is 17.3 Å². The molecule has 1 fully saturated rings. The van der Waals surface area contributed by atoms with Crippen molar-refractivity contribution >= 4 is 11.6 Å². The molecule has 0 atom stereocenters. The van der Waals surface area contributed by atoms with Crippen LogP contribution in [0.2, 0.25) is 0 Å². The van der Waals surface area contributed by atoms with E-state index in [-0.39, 0.29) is 18.2 Å². The van der Waals surface area contributed by atoms with Gasteiger partial charge in [-0.25, -0.2) is 19.6 Å². The number of nitrogens with one attached hydrogen (secondary N) is 2. The van der Waals surface area contributed by atoms with Crippen molar-refractivity contribution in [3.05, 3.63) is 17.7 Å². The van der Waals surface area contributed by atoms with Gasteiger partial charge in [-0.15, -0.1) is 0 Å². The third kappa shape index (κ3) is 3.55. The lowest BCUT2D eigenvalue weighted by Crippen LogP contribution is -2.36. The summed E-state index contributed by atoms with van der Waals surface area (Å²) in [5.41, 5.74) is 1.20. The summed E-state index contributed by atoms with van der Waals surface area (Å²) in [5, 5.41) is 13.2. The Kier molecular flexibility index (Phi) is 4.72. The molecule has 1 saturated carbocycles. The molecule has 0 saturated heterocycles. The van der Waals surface area contributed by atoms with E-state index in [0.29, 0.717) is 18.9 Å². The molecule has 7 heteroatoms. The summed E-state index contributed by atoms with van der Waals surface area (Å²) in [4.78, 5) is 3.72. The Balaban J connectivity index is 2.06. The van der Waals surface area contributed by atoms with Crippen LogP contribution in [0.4, 0.5) is 20.4 Å². The molecule has 0 spiro atoms. The van der Waals surface area contributed by atoms with Gasteiger partial charge in [0.15, 0.2) is 23.3 Å². The number of aromatic nitrogens is 1. The van der Waals surface area contributed by atoms with E-state index in [1.165, 1.54) is 0 Å². The quantitative estimate of drug-likeness (QED) is 0.387. The second-order valence-electron chi connectivity index (χ2n) is 5.29. The zero-order valence-corrected chi connectivity index (χ0v) is 11.3. The first-order valence-corrected chi connectivity index (χ1v) is 6.83. The predicted octanol–water partition coefficient (Wildman–Crippen LogP) is 2.14. The average molecular weight is 286 g/mol. The molecule has 0 unspecified atom stereocenters. The number of nitrogen functional groups attached to an aromatic ring is 1. The van der Waals surface area contributed by atoms with Gasteiger partial charge < -0.3 is 15.8 Å². The van der Waals surface area contributed by atoms with Gasteiger partial charge in [0.2, 0.25) is 0 Å². The Labute approximate surface area is 116 Å². The second-order valence-corrected chi connectivity index (χ2v) is 5.29. The maximum atomic E-state index is 13.6. The minimum Gasteiger partial charge on any atom is -0.388 e. The zero-order valence-electron chi connectivity index (χ0n) is 11.3. The van der Waals surface area contributed by atoms with Gasteiger partial charge in [0.05, 0.1) is 5.60 Å². The molecule has 20 heavy (non-hydrogen) atoms. The lowest BCUT2D eigenvalue weighted by molar-refractivity contribution is 0.0380. The van der Waals surface area contributed by atoms with Gasteiger partial charge in [0, 0.05) is 12.6 Å². The number of halogens is 2. The molecule has 0 radical (unpaired) electrons. The first kappa shape index (κ1) is 14.9. The fourth-order valence-electron chi connectivity index (χ4n) is 2.50. The van der Waals surface area contributed by atoms with Crippen LogP contribution in [-0.4, -0.2) is 22.2 Å². The number of nitrogens with two attached hydrogens (primary N) is 1. The number of hydrogen-bond acceptors (Lipinski definition) is 5. The highest BCUT2D eigenvalue weighted by atomic mass is 19.1. The first-order chi connectivity index (χ1) is 9.54. The van der Waals surface area contributed by atoms with Gasteiger partial charge in [-0.1, -0.05) is 25.7 Å². The van der Waals surface area contributed by atoms with Crippen LogP contribution in [0, 0.1) is 11.6 Å². The third-order valence-electron chi connectivity index (χ3n) is 3.69. The van der Waals surface area contributed by atoms with E-state index in [1.807, 2.05) is 0 Å². The van der Waals surface area contributed by atoms with Crippen molar-refractivity contribution in [1.29, 1.82) is 0 Å². The first-order valence-electron chi connectivity index (χ1n) is 6.83. The molecule has 0 bridgehead atoms. The van der Waals surface area contributed by atoms with Crippen LogP contribution >= 0.6 is 0 Å². The second kappa shape index (κ2) is 6.32. The smallest absolute Gasteiger partial charge is 0.178 e. The molecule has 1 aromatic heterocycles. The maximum Gasteiger partial charge on any atom is 0.178 e. The zero-order chi connectivity index (χ0) is 14.6. The molecule has 1 aromatic rings. The lowest BCUT2D eigenvalue weighted by atomic mass is 9.94. The molecular weight excluding hydrogens is 266 g/mol. The summed E-state index contributed by atoms with van der Waals surface area (Å²) >= 11 is 0. The monoisotopic (exact) mass is 286 g/mol. The standard InChI is InChI=1S/C13H20F2N4O/c14-9-7-10(15)12(19-16)18-11(9)17-8-13(20)5-3-1-2-4-6-13/h7,20H,1-6,8,16H2,(H2,17,18,19). The van der Waals surface area contributed by atoms with Crippen LogP contribution in [-0.2, 0) is 0 Å². The normalized spacial score (nSPS) is 18.4. The van der Waals surface area contributed by atoms with Crippen molar-refractivity contribution in [3.63, 3.8) is 0 Å². The van der Waals surface area contributed by atoms with E-state index >= 15 is 0 Å². The van der Waals surface area contributed by atoms with Crippen molar-refractivity contribution in [2.45, 2.75) is 44.1 Å². The summed E-state index contributed by atoms with van der Waals surface area (Å²) in [5.74, 6) is 3.09. The summed E-state index contributed by atoms with van der Waals surface area (Å²) in [6.07, 6.45) is 5.45. The van der Waals surface area contributed by atoms with Crippen molar-refractivity contribution in [3.8, 4) is 0 Å². The highest BCUT2D eigenvalue weighted by Gasteiger charge is 2.28. The van der Waals surface area contributed by atoms with Crippen molar-refractivity contribution in [1.82, 2.24) is 4.98 Å². The van der Waals surface area contributed by atoms with Gasteiger partial charge in [0.25, 0.3) is 0 Å². The van der Waals surface area contributed by atoms with E-state index in [2.05, 4.69) is 15.7 Å². The minimum absolute atomic E-state index is 0.114. The van der Waals surface area contributed by atoms with Crippen LogP contribution in [0.1, 0.15) is 38.5 Å². The number of aliphatic hydroxyl groups is 1. The fourth-order valence-corrected chi connectivity index (χ4v) is 2.50. The van der Waals surface area contributed by atoms with Gasteiger partial charge in [-0.2, -0.15) is 0 Å². The Morgan fingerprint density at radius 3 is 2.35 bits per heavy atom. The van der Waals surface area contributed by atoms with Crippen molar-refractivity contribution < 1.29 is 13.9 Å². The SMILES string of the molecule is NNc1nc(NCC2(O)CCCCCC2)c(F)cc1F. The van der Waals surface area contributed by atoms with E-state index < -0.39 is 17.2 Å². The largest absolute Gasteiger partial charge is 0.388 e. The summed E-state index contributed by atoms with van der Waals surface area (Å²) < 4.78 is 26.8. The molecule has 1 aliphatic carbocycles. The van der Waals surface area contributed by atoms with Gasteiger partial charge in [0.1, 0.15) is 0 Å². The topological polar surface area (TPSA) is 83.2 Å². The summed E-state index contributed by atoms with van der Waals surface area (Å²) in [6.45, 7) is 0.187. The number of hydrazine groups is 1. The third-order valence-corrected chi connectivity index (χ3v) is 3.69. The number of anilines is 2. The average Bonchev–Trinajstić information content (AvgIpc) is 2.63. The fraction of sp³-hybridized carbons (Fsp3) is 0.615. The van der Waals surface area contributed by atoms with Gasteiger partial charge >= 0.3 is 0 Å². The molecule has 5 N–H and O–H groups in total. The Bertz CT molecular complexity index is 462. The van der Waals surface area contributed by atoms with Crippen LogP contribution < -0.4 is 16.6 Å². The number of pyridine rings is 1. The van der Waals surface area contributed by atoms with E-state index in [9.17, 15) is 13.9 Å². The molecule has 112 valence electrons. The minimum atomic E-state index is -0.866. The molecule has 0 amide bonds. The molecular formula is C13H20F2N4O. The summed E-state index contributed by atoms with van der Waals surface area (Å²) in [7, 11) is 0. The Morgan fingerprint density at radius 1 is 1.15 bits per heavy atom. The molecule has 2 rings (SSSR count). The highest BCUT2D eigenvalue weighted by Crippen LogP contribution is 2.28. The number of nitrogens with zero attached hydrogens (tertiary/aromatic N) is 1. The number of rotatable bonds is 4. The molecule has 0 aromatic carbocycles. The molecule has 1 heterocycles. The van der Waals surface area contributed by atoms with Gasteiger partial charge in [-0.3, -0.25) is 0 Å². The highest BCUT2D eigenvalue weighted by molar-refractivity contribution is 5.47. The molecule has 5 nitrogen and oxygen atoms in total. The van der Waals surface area contributed by atoms with Crippen LogP contribution in [0.5, 0.6) is 0 Å². The van der Waals surface area contributed by atoms with Gasteiger partial charge in [-0.05, 0) is 12.8 Å². The van der Waals surface area contributed by atoms with E-state index in [4.69, 9.17) is 5.84 Å². The summed E-state index contributed by atoms with van der Waals surface area (Å²) in [6, 6.07) is 0.710. The van der Waals surface area contributed by atoms with Crippen molar-refractivity contribution in [2.24, 2.45) is 5.84 Å². The molecule has 0 aliphatic heterocycles. The Hall–Kier alpha value is -1.47. The maximum absolute atomic E-state index is 13.6. The lowest BCUT2D eigenvalue weighted by Gasteiger charge is -2.27. The van der Waals surface area contributed by atoms with Crippen LogP contribution in [0.15, 0.2) is 6.07 Å².